The molecule has 2 nitrogen and oxygen atoms in total. The van der Waals surface area contributed by atoms with Crippen molar-refractivity contribution in [3.8, 4) is 0 Å². The Morgan fingerprint density at radius 1 is 1.06 bits per heavy atom. The van der Waals surface area contributed by atoms with Crippen LogP contribution in [0.5, 0.6) is 0 Å². The van der Waals surface area contributed by atoms with Gasteiger partial charge in [-0.05, 0) is 63.6 Å². The predicted octanol–water partition coefficient (Wildman–Crippen LogP) is 3.16. The second kappa shape index (κ2) is 6.19. The molecular weight excluding hydrogens is 208 g/mol. The molecule has 0 radical (unpaired) electrons. The summed E-state index contributed by atoms with van der Waals surface area (Å²) in [5.74, 6) is 0. The number of nitrogens with zero attached hydrogens (tertiary/aromatic N) is 1. The maximum Gasteiger partial charge on any atom is 0.00509 e. The number of likely N-dealkylation sites (tertiary alicyclic amines) is 1. The second-order valence-corrected chi connectivity index (χ2v) is 6.39. The summed E-state index contributed by atoms with van der Waals surface area (Å²) in [6, 6.07) is 0.433. The Balaban J connectivity index is 1.65. The van der Waals surface area contributed by atoms with Gasteiger partial charge in [-0.25, -0.2) is 0 Å². The lowest BCUT2D eigenvalue weighted by Crippen LogP contribution is -2.40. The first-order valence-corrected chi connectivity index (χ1v) is 7.72. The molecule has 2 rings (SSSR count). The largest absolute Gasteiger partial charge is 0.328 e. The summed E-state index contributed by atoms with van der Waals surface area (Å²) < 4.78 is 0. The smallest absolute Gasteiger partial charge is 0.00509 e. The van der Waals surface area contributed by atoms with Crippen LogP contribution in [-0.4, -0.2) is 30.6 Å². The second-order valence-electron chi connectivity index (χ2n) is 6.39. The molecule has 1 spiro atoms. The van der Waals surface area contributed by atoms with E-state index in [1.54, 1.807) is 0 Å². The minimum atomic E-state index is 0.433. The minimum Gasteiger partial charge on any atom is -0.328 e. The van der Waals surface area contributed by atoms with E-state index < -0.39 is 0 Å². The number of hydrogen-bond donors (Lipinski definition) is 1. The zero-order valence-electron chi connectivity index (χ0n) is 11.6. The molecule has 2 aliphatic rings. The van der Waals surface area contributed by atoms with Gasteiger partial charge in [0.1, 0.15) is 0 Å². The van der Waals surface area contributed by atoms with E-state index in [1.165, 1.54) is 77.4 Å². The van der Waals surface area contributed by atoms with Crippen LogP contribution in [-0.2, 0) is 0 Å². The summed E-state index contributed by atoms with van der Waals surface area (Å²) in [5, 5.41) is 0. The van der Waals surface area contributed by atoms with E-state index in [4.69, 9.17) is 5.73 Å². The predicted molar refractivity (Wildman–Crippen MR) is 74.1 cm³/mol. The lowest BCUT2D eigenvalue weighted by Gasteiger charge is -2.39. The van der Waals surface area contributed by atoms with Crippen molar-refractivity contribution in [2.45, 2.75) is 70.8 Å². The first-order valence-electron chi connectivity index (χ1n) is 7.72. The van der Waals surface area contributed by atoms with Gasteiger partial charge in [0.25, 0.3) is 0 Å². The summed E-state index contributed by atoms with van der Waals surface area (Å²) in [6.45, 7) is 6.12. The van der Waals surface area contributed by atoms with Crippen LogP contribution in [0.25, 0.3) is 0 Å². The topological polar surface area (TPSA) is 29.3 Å². The molecule has 0 aromatic rings. The average molecular weight is 238 g/mol. The fraction of sp³-hybridized carbons (Fsp3) is 1.00. The fourth-order valence-corrected chi connectivity index (χ4v) is 3.74. The van der Waals surface area contributed by atoms with Gasteiger partial charge in [0.2, 0.25) is 0 Å². The highest BCUT2D eigenvalue weighted by Crippen LogP contribution is 2.46. The van der Waals surface area contributed by atoms with Gasteiger partial charge in [-0.2, -0.15) is 0 Å². The molecule has 1 unspecified atom stereocenters. The first kappa shape index (κ1) is 13.4. The molecule has 0 aromatic heterocycles. The van der Waals surface area contributed by atoms with Crippen molar-refractivity contribution in [1.82, 2.24) is 4.90 Å². The van der Waals surface area contributed by atoms with Gasteiger partial charge in [0.05, 0.1) is 0 Å². The van der Waals surface area contributed by atoms with Gasteiger partial charge < -0.3 is 10.6 Å². The minimum absolute atomic E-state index is 0.433. The number of hydrogen-bond acceptors (Lipinski definition) is 2. The van der Waals surface area contributed by atoms with Crippen molar-refractivity contribution in [1.29, 1.82) is 0 Å². The molecule has 1 saturated heterocycles. The van der Waals surface area contributed by atoms with Crippen LogP contribution >= 0.6 is 0 Å². The number of rotatable bonds is 5. The quantitative estimate of drug-likeness (QED) is 0.797. The molecule has 0 bridgehead atoms. The molecule has 1 atom stereocenters. The zero-order chi connectivity index (χ0) is 12.1. The molecule has 1 saturated carbocycles. The Morgan fingerprint density at radius 2 is 1.71 bits per heavy atom. The SMILES string of the molecule is CCCC(N)CCN1CCC2(CCCC2)CC1. The van der Waals surface area contributed by atoms with Gasteiger partial charge >= 0.3 is 0 Å². The van der Waals surface area contributed by atoms with Gasteiger partial charge in [0.15, 0.2) is 0 Å². The van der Waals surface area contributed by atoms with E-state index in [-0.39, 0.29) is 0 Å². The monoisotopic (exact) mass is 238 g/mol. The van der Waals surface area contributed by atoms with Crippen molar-refractivity contribution in [3.63, 3.8) is 0 Å². The third-order valence-corrected chi connectivity index (χ3v) is 5.06. The van der Waals surface area contributed by atoms with Gasteiger partial charge in [-0.1, -0.05) is 26.2 Å². The summed E-state index contributed by atoms with van der Waals surface area (Å²) in [6.07, 6.45) is 12.5. The lowest BCUT2D eigenvalue weighted by molar-refractivity contribution is 0.106. The van der Waals surface area contributed by atoms with Crippen LogP contribution < -0.4 is 5.73 Å². The van der Waals surface area contributed by atoms with Crippen molar-refractivity contribution in [3.05, 3.63) is 0 Å². The van der Waals surface area contributed by atoms with Gasteiger partial charge in [-0.15, -0.1) is 0 Å². The van der Waals surface area contributed by atoms with Crippen LogP contribution in [0.1, 0.15) is 64.7 Å². The van der Waals surface area contributed by atoms with E-state index >= 15 is 0 Å². The highest BCUT2D eigenvalue weighted by Gasteiger charge is 2.36. The van der Waals surface area contributed by atoms with E-state index in [0.717, 1.165) is 5.41 Å². The molecule has 2 N–H and O–H groups in total. The van der Waals surface area contributed by atoms with E-state index in [9.17, 15) is 0 Å². The van der Waals surface area contributed by atoms with E-state index in [1.807, 2.05) is 0 Å². The maximum atomic E-state index is 6.09. The molecule has 0 amide bonds. The molecule has 17 heavy (non-hydrogen) atoms. The Bertz CT molecular complexity index is 211. The normalized spacial score (nSPS) is 26.5. The molecule has 0 aromatic carbocycles. The van der Waals surface area contributed by atoms with Gasteiger partial charge in [0, 0.05) is 6.04 Å². The highest BCUT2D eigenvalue weighted by molar-refractivity contribution is 4.89. The third-order valence-electron chi connectivity index (χ3n) is 5.06. The van der Waals surface area contributed by atoms with E-state index in [2.05, 4.69) is 11.8 Å². The third kappa shape index (κ3) is 3.69. The van der Waals surface area contributed by atoms with Gasteiger partial charge in [-0.3, -0.25) is 0 Å². The van der Waals surface area contributed by atoms with Crippen molar-refractivity contribution >= 4 is 0 Å². The Hall–Kier alpha value is -0.0800. The van der Waals surface area contributed by atoms with Crippen LogP contribution in [0.15, 0.2) is 0 Å². The Labute approximate surface area is 107 Å². The molecule has 1 heterocycles. The standard InChI is InChI=1S/C15H30N2/c1-2-5-14(16)6-11-17-12-9-15(10-13-17)7-3-4-8-15/h14H,2-13,16H2,1H3. The van der Waals surface area contributed by atoms with Crippen molar-refractivity contribution in [2.24, 2.45) is 11.1 Å². The summed E-state index contributed by atoms with van der Waals surface area (Å²) in [5.41, 5.74) is 6.86. The van der Waals surface area contributed by atoms with Crippen LogP contribution in [0.3, 0.4) is 0 Å². The van der Waals surface area contributed by atoms with Crippen molar-refractivity contribution in [2.75, 3.05) is 19.6 Å². The molecule has 1 aliphatic carbocycles. The molecule has 100 valence electrons. The summed E-state index contributed by atoms with van der Waals surface area (Å²) >= 11 is 0. The molecule has 1 aliphatic heterocycles. The molecule has 2 fully saturated rings. The number of piperidine rings is 1. The lowest BCUT2D eigenvalue weighted by atomic mass is 9.77. The Kier molecular flexibility index (Phi) is 4.87. The Morgan fingerprint density at radius 3 is 2.29 bits per heavy atom. The van der Waals surface area contributed by atoms with Crippen LogP contribution in [0.4, 0.5) is 0 Å². The molecule has 2 heteroatoms. The summed E-state index contributed by atoms with van der Waals surface area (Å²) in [7, 11) is 0. The molecular formula is C15H30N2. The van der Waals surface area contributed by atoms with Crippen LogP contribution in [0, 0.1) is 5.41 Å². The van der Waals surface area contributed by atoms with Crippen LogP contribution in [0.2, 0.25) is 0 Å². The van der Waals surface area contributed by atoms with Crippen molar-refractivity contribution < 1.29 is 0 Å². The highest BCUT2D eigenvalue weighted by atomic mass is 15.1. The average Bonchev–Trinajstić information content (AvgIpc) is 2.78. The maximum absolute atomic E-state index is 6.09. The summed E-state index contributed by atoms with van der Waals surface area (Å²) in [4.78, 5) is 2.65. The zero-order valence-corrected chi connectivity index (χ0v) is 11.6. The fourth-order valence-electron chi connectivity index (χ4n) is 3.74. The number of nitrogens with two attached hydrogens (primary N) is 1. The first-order chi connectivity index (χ1) is 8.24. The van der Waals surface area contributed by atoms with E-state index in [0.29, 0.717) is 6.04 Å².